The van der Waals surface area contributed by atoms with Crippen molar-refractivity contribution in [1.82, 2.24) is 10.0 Å². The molecule has 2 N–H and O–H groups in total. The van der Waals surface area contributed by atoms with Gasteiger partial charge in [-0.3, -0.25) is 0 Å². The topological polar surface area (TPSA) is 67.4 Å². The molecular formula is C10H20N2O3S. The van der Waals surface area contributed by atoms with E-state index in [9.17, 15) is 8.42 Å². The summed E-state index contributed by atoms with van der Waals surface area (Å²) in [7, 11) is -3.15. The fraction of sp³-hybridized carbons (Fsp3) is 1.00. The molecule has 0 aromatic heterocycles. The van der Waals surface area contributed by atoms with Gasteiger partial charge in [-0.2, -0.15) is 0 Å². The van der Waals surface area contributed by atoms with Crippen LogP contribution in [0.15, 0.2) is 0 Å². The van der Waals surface area contributed by atoms with Gasteiger partial charge in [0.2, 0.25) is 10.0 Å². The molecule has 0 saturated carbocycles. The molecule has 94 valence electrons. The van der Waals surface area contributed by atoms with Crippen molar-refractivity contribution in [2.24, 2.45) is 0 Å². The van der Waals surface area contributed by atoms with Crippen LogP contribution in [0.25, 0.3) is 0 Å². The Hall–Kier alpha value is -0.170. The Bertz CT molecular complexity index is 306. The Morgan fingerprint density at radius 2 is 1.94 bits per heavy atom. The van der Waals surface area contributed by atoms with Crippen LogP contribution in [-0.2, 0) is 14.8 Å². The Labute approximate surface area is 97.0 Å². The zero-order valence-corrected chi connectivity index (χ0v) is 10.3. The predicted molar refractivity (Wildman–Crippen MR) is 61.8 cm³/mol. The number of hydrogen-bond donors (Lipinski definition) is 2. The Kier molecular flexibility index (Phi) is 4.18. The largest absolute Gasteiger partial charge is 0.380 e. The van der Waals surface area contributed by atoms with Gasteiger partial charge in [0.25, 0.3) is 0 Å². The van der Waals surface area contributed by atoms with Gasteiger partial charge < -0.3 is 10.1 Å². The number of rotatable bonds is 3. The van der Waals surface area contributed by atoms with E-state index in [0.717, 1.165) is 32.5 Å². The molecule has 2 aliphatic heterocycles. The minimum absolute atomic E-state index is 0.0198. The van der Waals surface area contributed by atoms with Crippen LogP contribution in [-0.4, -0.2) is 46.0 Å². The maximum Gasteiger partial charge on any atom is 0.214 e. The van der Waals surface area contributed by atoms with Gasteiger partial charge in [-0.05, 0) is 38.8 Å². The summed E-state index contributed by atoms with van der Waals surface area (Å²) in [6.07, 6.45) is 3.26. The van der Waals surface area contributed by atoms with Crippen molar-refractivity contribution in [3.8, 4) is 0 Å². The second-order valence-electron chi connectivity index (χ2n) is 4.53. The Balaban J connectivity index is 1.90. The highest BCUT2D eigenvalue weighted by atomic mass is 32.2. The highest BCUT2D eigenvalue weighted by molar-refractivity contribution is 7.90. The summed E-state index contributed by atoms with van der Waals surface area (Å²) in [6, 6.07) is -0.0198. The van der Waals surface area contributed by atoms with Crippen molar-refractivity contribution in [1.29, 1.82) is 0 Å². The molecular weight excluding hydrogens is 228 g/mol. The highest BCUT2D eigenvalue weighted by Gasteiger charge is 2.29. The first-order valence-corrected chi connectivity index (χ1v) is 7.53. The third-order valence-corrected chi connectivity index (χ3v) is 5.23. The van der Waals surface area contributed by atoms with Crippen LogP contribution in [0.1, 0.15) is 25.7 Å². The number of sulfonamides is 1. The van der Waals surface area contributed by atoms with Gasteiger partial charge in [-0.15, -0.1) is 0 Å². The second kappa shape index (κ2) is 5.44. The maximum absolute atomic E-state index is 12.1. The lowest BCUT2D eigenvalue weighted by Crippen LogP contribution is -2.47. The van der Waals surface area contributed by atoms with E-state index in [-0.39, 0.29) is 11.3 Å². The van der Waals surface area contributed by atoms with Gasteiger partial charge in [-0.25, -0.2) is 13.1 Å². The average molecular weight is 248 g/mol. The van der Waals surface area contributed by atoms with E-state index in [0.29, 0.717) is 19.4 Å². The van der Waals surface area contributed by atoms with Crippen LogP contribution in [0.2, 0.25) is 0 Å². The summed E-state index contributed by atoms with van der Waals surface area (Å²) in [5, 5.41) is 2.95. The summed E-state index contributed by atoms with van der Waals surface area (Å²) in [5.74, 6) is 0. The zero-order chi connectivity index (χ0) is 11.4. The van der Waals surface area contributed by atoms with Crippen molar-refractivity contribution in [3.63, 3.8) is 0 Å². The summed E-state index contributed by atoms with van der Waals surface area (Å²) >= 11 is 0. The predicted octanol–water partition coefficient (Wildman–Crippen LogP) is -0.163. The van der Waals surface area contributed by atoms with Crippen LogP contribution in [0.5, 0.6) is 0 Å². The van der Waals surface area contributed by atoms with Crippen molar-refractivity contribution >= 4 is 10.0 Å². The van der Waals surface area contributed by atoms with Crippen molar-refractivity contribution in [2.45, 2.75) is 37.0 Å². The summed E-state index contributed by atoms with van der Waals surface area (Å²) in [6.45, 7) is 2.87. The molecule has 2 saturated heterocycles. The molecule has 1 atom stereocenters. The van der Waals surface area contributed by atoms with E-state index in [2.05, 4.69) is 10.0 Å². The highest BCUT2D eigenvalue weighted by Crippen LogP contribution is 2.15. The summed E-state index contributed by atoms with van der Waals surface area (Å²) in [4.78, 5) is 0. The van der Waals surface area contributed by atoms with Gasteiger partial charge >= 0.3 is 0 Å². The standard InChI is InChI=1S/C10H20N2O3S/c13-16(14,10-3-5-11-6-4-10)12-9-2-1-7-15-8-9/h9-12H,1-8H2. The molecule has 16 heavy (non-hydrogen) atoms. The number of nitrogens with one attached hydrogen (secondary N) is 2. The van der Waals surface area contributed by atoms with Crippen LogP contribution >= 0.6 is 0 Å². The smallest absolute Gasteiger partial charge is 0.214 e. The Morgan fingerprint density at radius 3 is 2.56 bits per heavy atom. The fourth-order valence-corrected chi connectivity index (χ4v) is 3.97. The number of piperidine rings is 1. The van der Waals surface area contributed by atoms with E-state index in [1.807, 2.05) is 0 Å². The van der Waals surface area contributed by atoms with Gasteiger partial charge in [0, 0.05) is 12.6 Å². The molecule has 0 radical (unpaired) electrons. The van der Waals surface area contributed by atoms with Gasteiger partial charge in [0.1, 0.15) is 0 Å². The quantitative estimate of drug-likeness (QED) is 0.728. The second-order valence-corrected chi connectivity index (χ2v) is 6.52. The normalized spacial score (nSPS) is 29.1. The first-order chi connectivity index (χ1) is 7.68. The Morgan fingerprint density at radius 1 is 1.19 bits per heavy atom. The third-order valence-electron chi connectivity index (χ3n) is 3.22. The molecule has 2 rings (SSSR count). The van der Waals surface area contributed by atoms with E-state index >= 15 is 0 Å². The fourth-order valence-electron chi connectivity index (χ4n) is 2.27. The molecule has 6 heteroatoms. The average Bonchev–Trinajstić information content (AvgIpc) is 2.31. The number of ether oxygens (including phenoxy) is 1. The van der Waals surface area contributed by atoms with Gasteiger partial charge in [0.15, 0.2) is 0 Å². The molecule has 5 nitrogen and oxygen atoms in total. The molecule has 2 heterocycles. The first-order valence-electron chi connectivity index (χ1n) is 5.98. The van der Waals surface area contributed by atoms with Crippen LogP contribution < -0.4 is 10.0 Å². The summed E-state index contributed by atoms with van der Waals surface area (Å²) in [5.41, 5.74) is 0. The van der Waals surface area contributed by atoms with E-state index in [1.165, 1.54) is 0 Å². The lowest BCUT2D eigenvalue weighted by molar-refractivity contribution is 0.0773. The van der Waals surface area contributed by atoms with Gasteiger partial charge in [-0.1, -0.05) is 0 Å². The molecule has 0 aromatic rings. The first kappa shape index (κ1) is 12.3. The van der Waals surface area contributed by atoms with E-state index < -0.39 is 10.0 Å². The van der Waals surface area contributed by atoms with Crippen LogP contribution in [0.4, 0.5) is 0 Å². The molecule has 0 aromatic carbocycles. The maximum atomic E-state index is 12.1. The lowest BCUT2D eigenvalue weighted by atomic mass is 10.1. The molecule has 0 amide bonds. The molecule has 2 fully saturated rings. The molecule has 1 unspecified atom stereocenters. The van der Waals surface area contributed by atoms with Crippen molar-refractivity contribution < 1.29 is 13.2 Å². The number of hydrogen-bond acceptors (Lipinski definition) is 4. The monoisotopic (exact) mass is 248 g/mol. The van der Waals surface area contributed by atoms with Crippen molar-refractivity contribution in [3.05, 3.63) is 0 Å². The van der Waals surface area contributed by atoms with E-state index in [1.54, 1.807) is 0 Å². The van der Waals surface area contributed by atoms with Crippen molar-refractivity contribution in [2.75, 3.05) is 26.3 Å². The molecule has 0 aliphatic carbocycles. The third kappa shape index (κ3) is 3.16. The minimum atomic E-state index is -3.15. The van der Waals surface area contributed by atoms with Crippen LogP contribution in [0.3, 0.4) is 0 Å². The zero-order valence-electron chi connectivity index (χ0n) is 9.44. The molecule has 0 bridgehead atoms. The van der Waals surface area contributed by atoms with E-state index in [4.69, 9.17) is 4.74 Å². The molecule has 0 spiro atoms. The van der Waals surface area contributed by atoms with Crippen LogP contribution in [0, 0.1) is 0 Å². The minimum Gasteiger partial charge on any atom is -0.380 e. The van der Waals surface area contributed by atoms with Gasteiger partial charge in [0.05, 0.1) is 11.9 Å². The summed E-state index contributed by atoms with van der Waals surface area (Å²) < 4.78 is 32.2. The molecule has 2 aliphatic rings. The lowest BCUT2D eigenvalue weighted by Gasteiger charge is -2.28. The SMILES string of the molecule is O=S(=O)(NC1CCCOC1)C1CCNCC1.